The number of aryl methyl sites for hydroxylation is 1. The first-order valence-electron chi connectivity index (χ1n) is 6.97. The molecule has 112 valence electrons. The van der Waals surface area contributed by atoms with E-state index in [0.717, 1.165) is 18.6 Å². The summed E-state index contributed by atoms with van der Waals surface area (Å²) in [6.07, 6.45) is 1.03. The normalized spacial score (nSPS) is 10.7. The summed E-state index contributed by atoms with van der Waals surface area (Å²) in [4.78, 5) is 12.1. The van der Waals surface area contributed by atoms with Gasteiger partial charge >= 0.3 is 0 Å². The number of carbonyl (C=O) groups excluding carboxylic acids is 1. The molecule has 0 unspecified atom stereocenters. The van der Waals surface area contributed by atoms with Crippen LogP contribution in [0.3, 0.4) is 0 Å². The monoisotopic (exact) mass is 279 g/mol. The van der Waals surface area contributed by atoms with Crippen molar-refractivity contribution in [2.24, 2.45) is 11.8 Å². The number of nitrogen functional groups attached to an aromatic ring is 1. The summed E-state index contributed by atoms with van der Waals surface area (Å²) in [5.41, 5.74) is 4.72. The highest BCUT2D eigenvalue weighted by atomic mass is 16.5. The second-order valence-corrected chi connectivity index (χ2v) is 5.24. The fraction of sp³-hybridized carbons (Fsp3) is 0.533. The van der Waals surface area contributed by atoms with E-state index in [1.54, 1.807) is 6.07 Å². The molecule has 0 aliphatic heterocycles. The highest BCUT2D eigenvalue weighted by Crippen LogP contribution is 2.15. The molecule has 1 aromatic carbocycles. The Bertz CT molecular complexity index is 433. The molecule has 5 heteroatoms. The minimum atomic E-state index is -0.144. The van der Waals surface area contributed by atoms with E-state index in [1.165, 1.54) is 0 Å². The van der Waals surface area contributed by atoms with Crippen molar-refractivity contribution in [2.75, 3.05) is 25.2 Å². The highest BCUT2D eigenvalue weighted by Gasteiger charge is 2.10. The molecule has 5 nitrogen and oxygen atoms in total. The molecule has 0 aromatic heterocycles. The average Bonchev–Trinajstić information content (AvgIpc) is 2.42. The van der Waals surface area contributed by atoms with Crippen LogP contribution in [0, 0.1) is 12.8 Å². The first-order chi connectivity index (χ1) is 9.54. The van der Waals surface area contributed by atoms with E-state index >= 15 is 0 Å². The van der Waals surface area contributed by atoms with Crippen LogP contribution in [0.4, 0.5) is 5.69 Å². The van der Waals surface area contributed by atoms with Crippen LogP contribution in [0.15, 0.2) is 18.2 Å². The summed E-state index contributed by atoms with van der Waals surface area (Å²) in [7, 11) is 0. The van der Waals surface area contributed by atoms with Crippen molar-refractivity contribution in [1.29, 1.82) is 0 Å². The van der Waals surface area contributed by atoms with Crippen molar-refractivity contribution in [3.8, 4) is 0 Å². The molecule has 1 rings (SSSR count). The van der Waals surface area contributed by atoms with Crippen LogP contribution in [-0.2, 0) is 4.74 Å². The van der Waals surface area contributed by atoms with Gasteiger partial charge in [0.25, 0.3) is 5.91 Å². The summed E-state index contributed by atoms with van der Waals surface area (Å²) in [5.74, 6) is 5.90. The average molecular weight is 279 g/mol. The Morgan fingerprint density at radius 2 is 2.10 bits per heavy atom. The molecule has 0 saturated carbocycles. The number of benzene rings is 1. The quantitative estimate of drug-likeness (QED) is 0.387. The van der Waals surface area contributed by atoms with Gasteiger partial charge in [-0.3, -0.25) is 10.6 Å². The topological polar surface area (TPSA) is 76.4 Å². The van der Waals surface area contributed by atoms with Gasteiger partial charge in [-0.25, -0.2) is 0 Å². The lowest BCUT2D eigenvalue weighted by Crippen LogP contribution is -2.28. The summed E-state index contributed by atoms with van der Waals surface area (Å²) < 4.78 is 5.46. The van der Waals surface area contributed by atoms with Gasteiger partial charge in [-0.1, -0.05) is 25.5 Å². The van der Waals surface area contributed by atoms with Crippen molar-refractivity contribution in [1.82, 2.24) is 5.32 Å². The minimum Gasteiger partial charge on any atom is -0.380 e. The fourth-order valence-corrected chi connectivity index (χ4v) is 1.72. The molecule has 0 heterocycles. The molecular formula is C15H25N3O2. The predicted octanol–water partition coefficient (Wildman–Crippen LogP) is 2.07. The Kier molecular flexibility index (Phi) is 7.04. The minimum absolute atomic E-state index is 0.144. The van der Waals surface area contributed by atoms with Crippen molar-refractivity contribution in [3.05, 3.63) is 29.3 Å². The maximum absolute atomic E-state index is 12.1. The van der Waals surface area contributed by atoms with Gasteiger partial charge in [0.1, 0.15) is 0 Å². The molecule has 1 aromatic rings. The van der Waals surface area contributed by atoms with Crippen LogP contribution in [0.5, 0.6) is 0 Å². The second-order valence-electron chi connectivity index (χ2n) is 5.24. The standard InChI is InChI=1S/C15H25N3O2/c1-11(2)6-8-20-9-7-17-15(19)13-10-12(3)4-5-14(13)18-16/h4-5,10-11,18H,6-9,16H2,1-3H3,(H,17,19). The van der Waals surface area contributed by atoms with Gasteiger partial charge in [-0.2, -0.15) is 0 Å². The van der Waals surface area contributed by atoms with Gasteiger partial charge in [-0.15, -0.1) is 0 Å². The number of ether oxygens (including phenoxy) is 1. The molecule has 4 N–H and O–H groups in total. The predicted molar refractivity (Wildman–Crippen MR) is 81.6 cm³/mol. The van der Waals surface area contributed by atoms with Crippen molar-refractivity contribution in [2.45, 2.75) is 27.2 Å². The third kappa shape index (κ3) is 5.59. The summed E-state index contributed by atoms with van der Waals surface area (Å²) in [6.45, 7) is 8.00. The fourth-order valence-electron chi connectivity index (χ4n) is 1.72. The molecule has 0 aliphatic carbocycles. The first-order valence-corrected chi connectivity index (χ1v) is 6.97. The maximum atomic E-state index is 12.1. The molecule has 20 heavy (non-hydrogen) atoms. The molecule has 0 fully saturated rings. The van der Waals surface area contributed by atoms with E-state index < -0.39 is 0 Å². The van der Waals surface area contributed by atoms with Crippen LogP contribution in [-0.4, -0.2) is 25.7 Å². The summed E-state index contributed by atoms with van der Waals surface area (Å²) >= 11 is 0. The highest BCUT2D eigenvalue weighted by molar-refractivity contribution is 5.99. The van der Waals surface area contributed by atoms with Gasteiger partial charge in [0, 0.05) is 13.2 Å². The third-order valence-electron chi connectivity index (χ3n) is 2.95. The molecule has 0 saturated heterocycles. The molecule has 0 spiro atoms. The number of rotatable bonds is 8. The van der Waals surface area contributed by atoms with Gasteiger partial charge < -0.3 is 15.5 Å². The Morgan fingerprint density at radius 1 is 1.35 bits per heavy atom. The zero-order chi connectivity index (χ0) is 15.0. The lowest BCUT2D eigenvalue weighted by Gasteiger charge is -2.11. The number of anilines is 1. The van der Waals surface area contributed by atoms with Gasteiger partial charge in [0.2, 0.25) is 0 Å². The maximum Gasteiger partial charge on any atom is 0.253 e. The Hall–Kier alpha value is -1.59. The van der Waals surface area contributed by atoms with Crippen LogP contribution in [0.1, 0.15) is 36.2 Å². The number of nitrogens with two attached hydrogens (primary N) is 1. The van der Waals surface area contributed by atoms with E-state index in [-0.39, 0.29) is 5.91 Å². The second kappa shape index (κ2) is 8.55. The van der Waals surface area contributed by atoms with Crippen LogP contribution in [0.25, 0.3) is 0 Å². The van der Waals surface area contributed by atoms with Gasteiger partial charge in [0.05, 0.1) is 17.9 Å². The number of nitrogens with one attached hydrogen (secondary N) is 2. The third-order valence-corrected chi connectivity index (χ3v) is 2.95. The Labute approximate surface area is 120 Å². The van der Waals surface area contributed by atoms with E-state index in [4.69, 9.17) is 10.6 Å². The Balaban J connectivity index is 2.37. The first kappa shape index (κ1) is 16.5. The van der Waals surface area contributed by atoms with E-state index in [9.17, 15) is 4.79 Å². The van der Waals surface area contributed by atoms with Crippen LogP contribution < -0.4 is 16.6 Å². The number of hydrogen-bond acceptors (Lipinski definition) is 4. The van der Waals surface area contributed by atoms with E-state index in [0.29, 0.717) is 30.3 Å². The van der Waals surface area contributed by atoms with Crippen molar-refractivity contribution in [3.63, 3.8) is 0 Å². The molecule has 0 radical (unpaired) electrons. The van der Waals surface area contributed by atoms with E-state index in [2.05, 4.69) is 24.6 Å². The molecule has 0 bridgehead atoms. The smallest absolute Gasteiger partial charge is 0.253 e. The van der Waals surface area contributed by atoms with Gasteiger partial charge in [-0.05, 0) is 31.4 Å². The van der Waals surface area contributed by atoms with Crippen molar-refractivity contribution < 1.29 is 9.53 Å². The largest absolute Gasteiger partial charge is 0.380 e. The lowest BCUT2D eigenvalue weighted by molar-refractivity contribution is 0.0906. The lowest BCUT2D eigenvalue weighted by atomic mass is 10.1. The number of amides is 1. The van der Waals surface area contributed by atoms with Gasteiger partial charge in [0.15, 0.2) is 0 Å². The molecule has 0 atom stereocenters. The van der Waals surface area contributed by atoms with Crippen molar-refractivity contribution >= 4 is 11.6 Å². The zero-order valence-corrected chi connectivity index (χ0v) is 12.5. The van der Waals surface area contributed by atoms with Crippen LogP contribution in [0.2, 0.25) is 0 Å². The molecular weight excluding hydrogens is 254 g/mol. The molecule has 1 amide bonds. The molecule has 0 aliphatic rings. The van der Waals surface area contributed by atoms with E-state index in [1.807, 2.05) is 19.1 Å². The number of carbonyl (C=O) groups is 1. The Morgan fingerprint density at radius 3 is 2.75 bits per heavy atom. The number of hydrogen-bond donors (Lipinski definition) is 3. The summed E-state index contributed by atoms with van der Waals surface area (Å²) in [6, 6.07) is 5.51. The SMILES string of the molecule is Cc1ccc(NN)c(C(=O)NCCOCCC(C)C)c1. The van der Waals surface area contributed by atoms with Crippen LogP contribution >= 0.6 is 0 Å². The number of hydrazine groups is 1. The zero-order valence-electron chi connectivity index (χ0n) is 12.5. The summed E-state index contributed by atoms with van der Waals surface area (Å²) in [5, 5.41) is 2.83.